The number of piperidine rings is 1. The van der Waals surface area contributed by atoms with Crippen molar-refractivity contribution in [1.29, 1.82) is 0 Å². The number of anilines is 2. The van der Waals surface area contributed by atoms with E-state index in [0.717, 1.165) is 44.5 Å². The molecule has 1 heterocycles. The van der Waals surface area contributed by atoms with Crippen molar-refractivity contribution in [3.05, 3.63) is 59.4 Å². The average Bonchev–Trinajstić information content (AvgIpc) is 3.52. The van der Waals surface area contributed by atoms with Crippen LogP contribution < -0.4 is 15.5 Å². The molecule has 0 atom stereocenters. The minimum Gasteiger partial charge on any atom is -0.371 e. The summed E-state index contributed by atoms with van der Waals surface area (Å²) in [7, 11) is 0. The standard InChI is InChI=1S/C23H26FN3O2/c1-15-9-11-27(12-10-15)21-8-7-19(14-20(21)23(29)25-18-5-6-18)26-22(28)16-3-2-4-17(24)13-16/h2-4,7-8,13-15,18H,5-6,9-12H2,1H3,(H,25,29)(H,26,28). The molecule has 2 amide bonds. The van der Waals surface area contributed by atoms with E-state index in [4.69, 9.17) is 0 Å². The molecule has 0 spiro atoms. The van der Waals surface area contributed by atoms with Gasteiger partial charge in [-0.15, -0.1) is 0 Å². The first-order valence-corrected chi connectivity index (χ1v) is 10.3. The monoisotopic (exact) mass is 395 g/mol. The van der Waals surface area contributed by atoms with Crippen LogP contribution in [-0.4, -0.2) is 30.9 Å². The molecule has 1 aliphatic carbocycles. The number of carbonyl (C=O) groups excluding carboxylic acids is 2. The highest BCUT2D eigenvalue weighted by molar-refractivity contribution is 6.06. The smallest absolute Gasteiger partial charge is 0.255 e. The summed E-state index contributed by atoms with van der Waals surface area (Å²) in [6.45, 7) is 4.09. The summed E-state index contributed by atoms with van der Waals surface area (Å²) in [5.41, 5.74) is 2.24. The van der Waals surface area contributed by atoms with Gasteiger partial charge in [0.15, 0.2) is 0 Å². The zero-order valence-corrected chi connectivity index (χ0v) is 16.6. The minimum atomic E-state index is -0.461. The number of halogens is 1. The quantitative estimate of drug-likeness (QED) is 0.797. The highest BCUT2D eigenvalue weighted by Crippen LogP contribution is 2.30. The number of benzene rings is 2. The molecular formula is C23H26FN3O2. The van der Waals surface area contributed by atoms with Crippen molar-refractivity contribution in [2.75, 3.05) is 23.3 Å². The molecule has 152 valence electrons. The number of nitrogens with one attached hydrogen (secondary N) is 2. The van der Waals surface area contributed by atoms with E-state index < -0.39 is 11.7 Å². The third-order valence-electron chi connectivity index (χ3n) is 5.62. The van der Waals surface area contributed by atoms with Gasteiger partial charge >= 0.3 is 0 Å². The molecule has 2 N–H and O–H groups in total. The molecule has 1 saturated carbocycles. The SMILES string of the molecule is CC1CCN(c2ccc(NC(=O)c3cccc(F)c3)cc2C(=O)NC2CC2)CC1. The predicted molar refractivity (Wildman–Crippen MR) is 112 cm³/mol. The van der Waals surface area contributed by atoms with Crippen molar-refractivity contribution in [1.82, 2.24) is 5.32 Å². The Hall–Kier alpha value is -2.89. The molecule has 29 heavy (non-hydrogen) atoms. The molecule has 5 nitrogen and oxygen atoms in total. The van der Waals surface area contributed by atoms with Gasteiger partial charge in [0.2, 0.25) is 0 Å². The minimum absolute atomic E-state index is 0.108. The molecular weight excluding hydrogens is 369 g/mol. The molecule has 1 aliphatic heterocycles. The molecule has 0 bridgehead atoms. The van der Waals surface area contributed by atoms with E-state index >= 15 is 0 Å². The van der Waals surface area contributed by atoms with E-state index in [1.165, 1.54) is 18.2 Å². The summed E-state index contributed by atoms with van der Waals surface area (Å²) in [5, 5.41) is 5.83. The molecule has 0 unspecified atom stereocenters. The van der Waals surface area contributed by atoms with Crippen LogP contribution in [0.25, 0.3) is 0 Å². The Labute approximate surface area is 170 Å². The van der Waals surface area contributed by atoms with Crippen LogP contribution in [0.1, 0.15) is 53.3 Å². The van der Waals surface area contributed by atoms with Gasteiger partial charge in [0.25, 0.3) is 11.8 Å². The summed E-state index contributed by atoms with van der Waals surface area (Å²) in [5.74, 6) is -0.280. The van der Waals surface area contributed by atoms with Gasteiger partial charge in [0.1, 0.15) is 5.82 Å². The second-order valence-electron chi connectivity index (χ2n) is 8.11. The number of nitrogens with zero attached hydrogens (tertiary/aromatic N) is 1. The maximum atomic E-state index is 13.4. The lowest BCUT2D eigenvalue weighted by atomic mass is 9.97. The Kier molecular flexibility index (Phi) is 5.51. The third kappa shape index (κ3) is 4.75. The molecule has 0 radical (unpaired) electrons. The van der Waals surface area contributed by atoms with Crippen molar-refractivity contribution in [2.24, 2.45) is 5.92 Å². The summed E-state index contributed by atoms with van der Waals surface area (Å²) >= 11 is 0. The van der Waals surface area contributed by atoms with Crippen LogP contribution in [0, 0.1) is 11.7 Å². The lowest BCUT2D eigenvalue weighted by Crippen LogP contribution is -2.35. The van der Waals surface area contributed by atoms with Gasteiger partial charge in [-0.05, 0) is 68.0 Å². The van der Waals surface area contributed by atoms with Crippen LogP contribution in [0.3, 0.4) is 0 Å². The van der Waals surface area contributed by atoms with Gasteiger partial charge in [0.05, 0.1) is 5.56 Å². The van der Waals surface area contributed by atoms with E-state index in [9.17, 15) is 14.0 Å². The van der Waals surface area contributed by atoms with Gasteiger partial charge in [-0.2, -0.15) is 0 Å². The normalized spacial score (nSPS) is 17.1. The molecule has 6 heteroatoms. The number of rotatable bonds is 5. The predicted octanol–water partition coefficient (Wildman–Crippen LogP) is 4.21. The molecule has 2 fully saturated rings. The van der Waals surface area contributed by atoms with Crippen molar-refractivity contribution in [3.8, 4) is 0 Å². The van der Waals surface area contributed by atoms with Gasteiger partial charge in [-0.25, -0.2) is 4.39 Å². The third-order valence-corrected chi connectivity index (χ3v) is 5.62. The number of hydrogen-bond acceptors (Lipinski definition) is 3. The van der Waals surface area contributed by atoms with E-state index in [-0.39, 0.29) is 17.5 Å². The first-order valence-electron chi connectivity index (χ1n) is 10.3. The second-order valence-corrected chi connectivity index (χ2v) is 8.11. The van der Waals surface area contributed by atoms with E-state index in [2.05, 4.69) is 22.5 Å². The summed E-state index contributed by atoms with van der Waals surface area (Å²) < 4.78 is 13.4. The largest absolute Gasteiger partial charge is 0.371 e. The van der Waals surface area contributed by atoms with Gasteiger partial charge < -0.3 is 15.5 Å². The van der Waals surface area contributed by atoms with Crippen molar-refractivity contribution in [3.63, 3.8) is 0 Å². The van der Waals surface area contributed by atoms with Crippen LogP contribution in [-0.2, 0) is 0 Å². The maximum Gasteiger partial charge on any atom is 0.255 e. The molecule has 4 rings (SSSR count). The van der Waals surface area contributed by atoms with Crippen LogP contribution in [0.2, 0.25) is 0 Å². The fourth-order valence-corrected chi connectivity index (χ4v) is 3.64. The topological polar surface area (TPSA) is 61.4 Å². The second kappa shape index (κ2) is 8.23. The summed E-state index contributed by atoms with van der Waals surface area (Å²) in [4.78, 5) is 27.6. The van der Waals surface area contributed by atoms with Gasteiger partial charge in [-0.1, -0.05) is 13.0 Å². The van der Waals surface area contributed by atoms with E-state index in [0.29, 0.717) is 17.2 Å². The van der Waals surface area contributed by atoms with Crippen LogP contribution in [0.4, 0.5) is 15.8 Å². The number of carbonyl (C=O) groups is 2. The van der Waals surface area contributed by atoms with Crippen LogP contribution >= 0.6 is 0 Å². The summed E-state index contributed by atoms with van der Waals surface area (Å²) in [6, 6.07) is 11.2. The van der Waals surface area contributed by atoms with E-state index in [1.54, 1.807) is 18.2 Å². The highest BCUT2D eigenvalue weighted by atomic mass is 19.1. The zero-order chi connectivity index (χ0) is 20.4. The van der Waals surface area contributed by atoms with Gasteiger partial charge in [0, 0.05) is 36.1 Å². The molecule has 0 aromatic heterocycles. The Morgan fingerprint density at radius 3 is 2.45 bits per heavy atom. The van der Waals surface area contributed by atoms with Crippen molar-refractivity contribution in [2.45, 2.75) is 38.6 Å². The fourth-order valence-electron chi connectivity index (χ4n) is 3.64. The number of hydrogen-bond donors (Lipinski definition) is 2. The average molecular weight is 395 g/mol. The van der Waals surface area contributed by atoms with Gasteiger partial charge in [-0.3, -0.25) is 9.59 Å². The molecule has 1 saturated heterocycles. The summed E-state index contributed by atoms with van der Waals surface area (Å²) in [6.07, 6.45) is 4.22. The molecule has 2 aliphatic rings. The Morgan fingerprint density at radius 1 is 1.00 bits per heavy atom. The Bertz CT molecular complexity index is 918. The van der Waals surface area contributed by atoms with Crippen molar-refractivity contribution >= 4 is 23.2 Å². The molecule has 2 aromatic rings. The van der Waals surface area contributed by atoms with Crippen molar-refractivity contribution < 1.29 is 14.0 Å². The first-order chi connectivity index (χ1) is 14.0. The Balaban J connectivity index is 1.58. The zero-order valence-electron chi connectivity index (χ0n) is 16.6. The first kappa shape index (κ1) is 19.4. The van der Waals surface area contributed by atoms with Crippen LogP contribution in [0.5, 0.6) is 0 Å². The highest BCUT2D eigenvalue weighted by Gasteiger charge is 2.27. The number of amides is 2. The maximum absolute atomic E-state index is 13.4. The van der Waals surface area contributed by atoms with Crippen LogP contribution in [0.15, 0.2) is 42.5 Å². The fraction of sp³-hybridized carbons (Fsp3) is 0.391. The lowest BCUT2D eigenvalue weighted by molar-refractivity contribution is 0.0950. The Morgan fingerprint density at radius 2 is 1.76 bits per heavy atom. The lowest BCUT2D eigenvalue weighted by Gasteiger charge is -2.33. The molecule has 2 aromatic carbocycles. The van der Waals surface area contributed by atoms with E-state index in [1.807, 2.05) is 6.07 Å².